The second-order valence-electron chi connectivity index (χ2n) is 7.50. The van der Waals surface area contributed by atoms with E-state index in [9.17, 15) is 19.1 Å². The van der Waals surface area contributed by atoms with Crippen LogP contribution >= 0.6 is 11.8 Å². The molecule has 0 aliphatic rings. The number of carboxylic acid groups (broad SMARTS) is 1. The number of imidazole rings is 1. The van der Waals surface area contributed by atoms with E-state index >= 15 is 0 Å². The maximum atomic E-state index is 13.4. The molecule has 0 fully saturated rings. The summed E-state index contributed by atoms with van der Waals surface area (Å²) in [4.78, 5) is 28.2. The summed E-state index contributed by atoms with van der Waals surface area (Å²) in [5, 5.41) is 12.0. The topological polar surface area (TPSA) is 84.2 Å². The van der Waals surface area contributed by atoms with Crippen molar-refractivity contribution in [1.29, 1.82) is 0 Å². The van der Waals surface area contributed by atoms with Crippen LogP contribution in [0.15, 0.2) is 67.3 Å². The van der Waals surface area contributed by atoms with Crippen LogP contribution in [0.3, 0.4) is 0 Å². The zero-order valence-corrected chi connectivity index (χ0v) is 19.1. The van der Waals surface area contributed by atoms with Crippen molar-refractivity contribution in [3.8, 4) is 0 Å². The summed E-state index contributed by atoms with van der Waals surface area (Å²) < 4.78 is 15.4. The molecule has 2 aromatic carbocycles. The van der Waals surface area contributed by atoms with Crippen molar-refractivity contribution >= 4 is 35.3 Å². The Balaban J connectivity index is 1.83. The lowest BCUT2D eigenvalue weighted by Crippen LogP contribution is -2.41. The van der Waals surface area contributed by atoms with Crippen molar-refractivity contribution in [2.75, 3.05) is 12.0 Å². The van der Waals surface area contributed by atoms with Crippen molar-refractivity contribution < 1.29 is 19.1 Å². The normalized spacial score (nSPS) is 12.4. The molecule has 1 unspecified atom stereocenters. The SMILES string of the molecule is CSCCC(NC(=O)c1cccc(/C=C(\CCn2ccnc2)c2ccc(F)cc2)c1)C(=O)O. The van der Waals surface area contributed by atoms with Crippen LogP contribution in [0.5, 0.6) is 0 Å². The number of hydrogen-bond acceptors (Lipinski definition) is 4. The fourth-order valence-electron chi connectivity index (χ4n) is 3.34. The molecule has 1 atom stereocenters. The van der Waals surface area contributed by atoms with Crippen molar-refractivity contribution in [2.45, 2.75) is 25.4 Å². The van der Waals surface area contributed by atoms with E-state index in [1.54, 1.807) is 42.9 Å². The fourth-order valence-corrected chi connectivity index (χ4v) is 3.81. The first-order valence-corrected chi connectivity index (χ1v) is 11.9. The standard InChI is InChI=1S/C25H26FN3O3S/c1-33-14-10-23(25(31)32)28-24(30)21-4-2-3-18(16-21)15-20(9-12-29-13-11-27-17-29)19-5-7-22(26)8-6-19/h2-8,11,13,15-17,23H,9-10,12,14H2,1H3,(H,28,30)(H,31,32)/b20-15+. The first-order chi connectivity index (χ1) is 16.0. The number of allylic oxidation sites excluding steroid dienone is 1. The lowest BCUT2D eigenvalue weighted by molar-refractivity contribution is -0.139. The van der Waals surface area contributed by atoms with E-state index in [0.717, 1.165) is 16.7 Å². The number of carbonyl (C=O) groups excluding carboxylic acids is 1. The first-order valence-electron chi connectivity index (χ1n) is 10.5. The van der Waals surface area contributed by atoms with Crippen LogP contribution in [-0.2, 0) is 11.3 Å². The molecule has 6 nitrogen and oxygen atoms in total. The average molecular weight is 468 g/mol. The van der Waals surface area contributed by atoms with Crippen LogP contribution in [0, 0.1) is 5.82 Å². The van der Waals surface area contributed by atoms with Gasteiger partial charge in [0.25, 0.3) is 5.91 Å². The molecule has 0 saturated carbocycles. The number of benzene rings is 2. The Morgan fingerprint density at radius 3 is 2.67 bits per heavy atom. The summed E-state index contributed by atoms with van der Waals surface area (Å²) in [6.45, 7) is 0.694. The van der Waals surface area contributed by atoms with Crippen molar-refractivity contribution in [1.82, 2.24) is 14.9 Å². The van der Waals surface area contributed by atoms with Crippen molar-refractivity contribution in [2.24, 2.45) is 0 Å². The van der Waals surface area contributed by atoms with Gasteiger partial charge in [-0.15, -0.1) is 0 Å². The van der Waals surface area contributed by atoms with E-state index in [0.29, 0.717) is 30.7 Å². The zero-order chi connectivity index (χ0) is 23.6. The van der Waals surface area contributed by atoms with E-state index in [1.807, 2.05) is 29.2 Å². The Morgan fingerprint density at radius 2 is 2.00 bits per heavy atom. The Morgan fingerprint density at radius 1 is 1.21 bits per heavy atom. The second-order valence-corrected chi connectivity index (χ2v) is 8.48. The van der Waals surface area contributed by atoms with Gasteiger partial charge in [0, 0.05) is 24.5 Å². The van der Waals surface area contributed by atoms with Gasteiger partial charge in [-0.05, 0) is 65.8 Å². The number of thioether (sulfide) groups is 1. The minimum absolute atomic E-state index is 0.305. The van der Waals surface area contributed by atoms with Gasteiger partial charge in [-0.25, -0.2) is 14.2 Å². The molecule has 1 aromatic heterocycles. The molecule has 33 heavy (non-hydrogen) atoms. The van der Waals surface area contributed by atoms with Crippen LogP contribution in [-0.4, -0.2) is 44.6 Å². The zero-order valence-electron chi connectivity index (χ0n) is 18.3. The van der Waals surface area contributed by atoms with Gasteiger partial charge in [0.15, 0.2) is 0 Å². The summed E-state index contributed by atoms with van der Waals surface area (Å²) in [5.74, 6) is -1.15. The van der Waals surface area contributed by atoms with Crippen molar-refractivity contribution in [3.05, 3.63) is 89.8 Å². The highest BCUT2D eigenvalue weighted by Crippen LogP contribution is 2.23. The van der Waals surface area contributed by atoms with E-state index in [2.05, 4.69) is 10.3 Å². The number of carboxylic acids is 1. The fraction of sp³-hybridized carbons (Fsp3) is 0.240. The van der Waals surface area contributed by atoms with Crippen LogP contribution in [0.2, 0.25) is 0 Å². The number of rotatable bonds is 11. The van der Waals surface area contributed by atoms with Gasteiger partial charge in [0.1, 0.15) is 11.9 Å². The van der Waals surface area contributed by atoms with Gasteiger partial charge in [0.2, 0.25) is 0 Å². The summed E-state index contributed by atoms with van der Waals surface area (Å²) in [5.41, 5.74) is 3.04. The van der Waals surface area contributed by atoms with Gasteiger partial charge in [-0.1, -0.05) is 30.3 Å². The molecule has 1 heterocycles. The molecule has 0 radical (unpaired) electrons. The van der Waals surface area contributed by atoms with E-state index in [4.69, 9.17) is 0 Å². The summed E-state index contributed by atoms with van der Waals surface area (Å²) >= 11 is 1.53. The number of hydrogen-bond donors (Lipinski definition) is 2. The van der Waals surface area contributed by atoms with Crippen LogP contribution in [0.1, 0.15) is 34.3 Å². The third kappa shape index (κ3) is 7.32. The van der Waals surface area contributed by atoms with Crippen LogP contribution < -0.4 is 5.32 Å². The Bertz CT molecular complexity index is 1100. The predicted molar refractivity (Wildman–Crippen MR) is 129 cm³/mol. The molecule has 0 spiro atoms. The van der Waals surface area contributed by atoms with Gasteiger partial charge >= 0.3 is 5.97 Å². The number of aliphatic carboxylic acids is 1. The van der Waals surface area contributed by atoms with Gasteiger partial charge < -0.3 is 15.0 Å². The number of carbonyl (C=O) groups is 2. The Kier molecular flexibility index (Phi) is 8.83. The number of aromatic nitrogens is 2. The third-order valence-corrected chi connectivity index (χ3v) is 5.76. The van der Waals surface area contributed by atoms with Crippen LogP contribution in [0.25, 0.3) is 11.6 Å². The monoisotopic (exact) mass is 467 g/mol. The summed E-state index contributed by atoms with van der Waals surface area (Å²) in [6, 6.07) is 12.4. The quantitative estimate of drug-likeness (QED) is 0.403. The maximum Gasteiger partial charge on any atom is 0.326 e. The molecular formula is C25H26FN3O3S. The molecular weight excluding hydrogens is 441 g/mol. The number of aryl methyl sites for hydroxylation is 1. The van der Waals surface area contributed by atoms with E-state index < -0.39 is 17.9 Å². The molecule has 0 aliphatic carbocycles. The van der Waals surface area contributed by atoms with E-state index in [-0.39, 0.29) is 5.82 Å². The molecule has 0 aliphatic heterocycles. The minimum atomic E-state index is -1.05. The summed E-state index contributed by atoms with van der Waals surface area (Å²) in [6.07, 6.45) is 10.2. The lowest BCUT2D eigenvalue weighted by Gasteiger charge is -2.14. The van der Waals surface area contributed by atoms with Crippen LogP contribution in [0.4, 0.5) is 4.39 Å². The lowest BCUT2D eigenvalue weighted by atomic mass is 9.98. The van der Waals surface area contributed by atoms with Crippen molar-refractivity contribution in [3.63, 3.8) is 0 Å². The maximum absolute atomic E-state index is 13.4. The Labute approximate surface area is 196 Å². The van der Waals surface area contributed by atoms with Gasteiger partial charge in [0.05, 0.1) is 6.33 Å². The average Bonchev–Trinajstić information content (AvgIpc) is 3.33. The second kappa shape index (κ2) is 12.0. The largest absolute Gasteiger partial charge is 0.480 e. The molecule has 172 valence electrons. The highest BCUT2D eigenvalue weighted by atomic mass is 32.2. The third-order valence-electron chi connectivity index (χ3n) is 5.12. The predicted octanol–water partition coefficient (Wildman–Crippen LogP) is 4.59. The van der Waals surface area contributed by atoms with Gasteiger partial charge in [-0.3, -0.25) is 4.79 Å². The number of nitrogens with one attached hydrogen (secondary N) is 1. The number of nitrogens with zero attached hydrogens (tertiary/aromatic N) is 2. The summed E-state index contributed by atoms with van der Waals surface area (Å²) in [7, 11) is 0. The number of halogens is 1. The molecule has 0 saturated heterocycles. The Hall–Kier alpha value is -3.39. The van der Waals surface area contributed by atoms with Gasteiger partial charge in [-0.2, -0.15) is 11.8 Å². The van der Waals surface area contributed by atoms with E-state index in [1.165, 1.54) is 23.9 Å². The molecule has 0 bridgehead atoms. The highest BCUT2D eigenvalue weighted by molar-refractivity contribution is 7.98. The molecule has 1 amide bonds. The molecule has 3 rings (SSSR count). The minimum Gasteiger partial charge on any atom is -0.480 e. The molecule has 8 heteroatoms. The smallest absolute Gasteiger partial charge is 0.326 e. The molecule has 3 aromatic rings. The first kappa shape index (κ1) is 24.3. The highest BCUT2D eigenvalue weighted by Gasteiger charge is 2.20. The molecule has 2 N–H and O–H groups in total. The number of amides is 1.